The van der Waals surface area contributed by atoms with Gasteiger partial charge in [-0.25, -0.2) is 12.8 Å². The second kappa shape index (κ2) is 5.77. The summed E-state index contributed by atoms with van der Waals surface area (Å²) in [6.45, 7) is 2.20. The summed E-state index contributed by atoms with van der Waals surface area (Å²) in [4.78, 5) is 0. The fourth-order valence-electron chi connectivity index (χ4n) is 2.24. The van der Waals surface area contributed by atoms with Crippen LogP contribution in [-0.2, 0) is 9.84 Å². The van der Waals surface area contributed by atoms with Gasteiger partial charge < -0.3 is 10.1 Å². The molecule has 0 saturated carbocycles. The van der Waals surface area contributed by atoms with E-state index in [1.54, 1.807) is 19.1 Å². The normalized spacial score (nSPS) is 21.9. The summed E-state index contributed by atoms with van der Waals surface area (Å²) in [5.41, 5.74) is 0.586. The summed E-state index contributed by atoms with van der Waals surface area (Å²) >= 11 is 0. The molecule has 0 aromatic heterocycles. The van der Waals surface area contributed by atoms with E-state index in [4.69, 9.17) is 4.74 Å². The number of sulfone groups is 1. The van der Waals surface area contributed by atoms with E-state index in [1.165, 1.54) is 6.07 Å². The lowest BCUT2D eigenvalue weighted by Gasteiger charge is -2.24. The maximum Gasteiger partial charge on any atom is 0.167 e. The maximum atomic E-state index is 13.7. The van der Waals surface area contributed by atoms with E-state index >= 15 is 0 Å². The van der Waals surface area contributed by atoms with Crippen LogP contribution in [0.25, 0.3) is 0 Å². The Kier molecular flexibility index (Phi) is 4.29. The highest BCUT2D eigenvalue weighted by Gasteiger charge is 2.24. The Labute approximate surface area is 112 Å². The molecule has 0 spiro atoms. The fourth-order valence-corrected chi connectivity index (χ4v) is 3.87. The lowest BCUT2D eigenvalue weighted by molar-refractivity contribution is 0.321. The molecule has 4 nitrogen and oxygen atoms in total. The second-order valence-electron chi connectivity index (χ2n) is 4.68. The minimum atomic E-state index is -2.96. The van der Waals surface area contributed by atoms with Crippen LogP contribution in [-0.4, -0.2) is 32.6 Å². The van der Waals surface area contributed by atoms with Crippen molar-refractivity contribution in [2.45, 2.75) is 25.8 Å². The third kappa shape index (κ3) is 3.83. The Hall–Kier alpha value is -1.30. The number of ether oxygens (including phenoxy) is 1. The Balaban J connectivity index is 2.05. The molecular formula is C13H18FNO3S. The molecule has 2 rings (SSSR count). The summed E-state index contributed by atoms with van der Waals surface area (Å²) in [6.07, 6.45) is 1.44. The maximum absolute atomic E-state index is 13.7. The second-order valence-corrected chi connectivity index (χ2v) is 6.90. The molecule has 1 atom stereocenters. The standard InChI is InChI=1S/C13H18FNO3S/c1-2-18-13-6-5-10(8-12(13)14)15-11-4-3-7-19(16,17)9-11/h5-6,8,11,15H,2-4,7,9H2,1H3. The van der Waals surface area contributed by atoms with E-state index in [2.05, 4.69) is 5.32 Å². The van der Waals surface area contributed by atoms with Gasteiger partial charge in [-0.15, -0.1) is 0 Å². The molecule has 0 radical (unpaired) electrons. The van der Waals surface area contributed by atoms with Gasteiger partial charge in [0.15, 0.2) is 21.4 Å². The molecule has 1 unspecified atom stereocenters. The molecule has 19 heavy (non-hydrogen) atoms. The van der Waals surface area contributed by atoms with Crippen LogP contribution < -0.4 is 10.1 Å². The zero-order valence-electron chi connectivity index (χ0n) is 10.9. The number of hydrogen-bond donors (Lipinski definition) is 1. The van der Waals surface area contributed by atoms with Crippen molar-refractivity contribution in [2.75, 3.05) is 23.4 Å². The number of nitrogens with one attached hydrogen (secondary N) is 1. The molecule has 0 aliphatic carbocycles. The highest BCUT2D eigenvalue weighted by atomic mass is 32.2. The van der Waals surface area contributed by atoms with Crippen molar-refractivity contribution >= 4 is 15.5 Å². The van der Waals surface area contributed by atoms with Gasteiger partial charge in [-0.2, -0.15) is 0 Å². The Morgan fingerprint density at radius 1 is 1.47 bits per heavy atom. The first kappa shape index (κ1) is 14.1. The zero-order valence-corrected chi connectivity index (χ0v) is 11.7. The molecule has 1 aromatic rings. The molecule has 1 N–H and O–H groups in total. The molecular weight excluding hydrogens is 269 g/mol. The van der Waals surface area contributed by atoms with Crippen molar-refractivity contribution in [2.24, 2.45) is 0 Å². The van der Waals surface area contributed by atoms with Gasteiger partial charge in [0.1, 0.15) is 0 Å². The summed E-state index contributed by atoms with van der Waals surface area (Å²) in [5, 5.41) is 3.07. The first-order valence-electron chi connectivity index (χ1n) is 6.39. The third-order valence-electron chi connectivity index (χ3n) is 3.07. The van der Waals surface area contributed by atoms with Gasteiger partial charge in [0.05, 0.1) is 18.1 Å². The van der Waals surface area contributed by atoms with Crippen molar-refractivity contribution in [1.29, 1.82) is 0 Å². The van der Waals surface area contributed by atoms with Crippen molar-refractivity contribution in [3.63, 3.8) is 0 Å². The van der Waals surface area contributed by atoms with Gasteiger partial charge >= 0.3 is 0 Å². The molecule has 1 aliphatic heterocycles. The molecule has 0 amide bonds. The van der Waals surface area contributed by atoms with Gasteiger partial charge in [0.2, 0.25) is 0 Å². The number of halogens is 1. The molecule has 1 aromatic carbocycles. The van der Waals surface area contributed by atoms with Crippen molar-refractivity contribution in [1.82, 2.24) is 0 Å². The lowest BCUT2D eigenvalue weighted by atomic mass is 10.1. The summed E-state index contributed by atoms with van der Waals surface area (Å²) < 4.78 is 41.8. The van der Waals surface area contributed by atoms with Crippen LogP contribution in [0.5, 0.6) is 5.75 Å². The smallest absolute Gasteiger partial charge is 0.167 e. The molecule has 106 valence electrons. The molecule has 1 saturated heterocycles. The Bertz CT molecular complexity index is 545. The quantitative estimate of drug-likeness (QED) is 0.922. The van der Waals surface area contributed by atoms with Crippen LogP contribution in [0, 0.1) is 5.82 Å². The van der Waals surface area contributed by atoms with Gasteiger partial charge in [-0.1, -0.05) is 0 Å². The van der Waals surface area contributed by atoms with Crippen LogP contribution in [0.4, 0.5) is 10.1 Å². The van der Waals surface area contributed by atoms with Crippen molar-refractivity contribution in [3.05, 3.63) is 24.0 Å². The first-order chi connectivity index (χ1) is 9.00. The summed E-state index contributed by atoms with van der Waals surface area (Å²) in [6, 6.07) is 4.45. The van der Waals surface area contributed by atoms with Gasteiger partial charge in [-0.05, 0) is 31.9 Å². The number of benzene rings is 1. The van der Waals surface area contributed by atoms with E-state index in [9.17, 15) is 12.8 Å². The molecule has 6 heteroatoms. The average molecular weight is 287 g/mol. The van der Waals surface area contributed by atoms with Crippen LogP contribution in [0.3, 0.4) is 0 Å². The summed E-state index contributed by atoms with van der Waals surface area (Å²) in [7, 11) is -2.96. The monoisotopic (exact) mass is 287 g/mol. The summed E-state index contributed by atoms with van der Waals surface area (Å²) in [5.74, 6) is 0.139. The Morgan fingerprint density at radius 3 is 2.89 bits per heavy atom. The van der Waals surface area contributed by atoms with E-state index in [0.29, 0.717) is 18.7 Å². The van der Waals surface area contributed by atoms with Gasteiger partial charge in [-0.3, -0.25) is 0 Å². The molecule has 1 aliphatic rings. The van der Waals surface area contributed by atoms with E-state index < -0.39 is 15.7 Å². The van der Waals surface area contributed by atoms with E-state index in [1.807, 2.05) is 0 Å². The lowest BCUT2D eigenvalue weighted by Crippen LogP contribution is -2.34. The predicted octanol–water partition coefficient (Wildman–Crippen LogP) is 2.21. The molecule has 1 heterocycles. The largest absolute Gasteiger partial charge is 0.491 e. The van der Waals surface area contributed by atoms with Crippen LogP contribution >= 0.6 is 0 Å². The topological polar surface area (TPSA) is 55.4 Å². The average Bonchev–Trinajstić information content (AvgIpc) is 2.31. The number of hydrogen-bond acceptors (Lipinski definition) is 4. The highest BCUT2D eigenvalue weighted by Crippen LogP contribution is 2.23. The van der Waals surface area contributed by atoms with Crippen LogP contribution in [0.15, 0.2) is 18.2 Å². The molecule has 1 fully saturated rings. The molecule has 0 bridgehead atoms. The Morgan fingerprint density at radius 2 is 2.26 bits per heavy atom. The van der Waals surface area contributed by atoms with Crippen molar-refractivity contribution < 1.29 is 17.5 Å². The third-order valence-corrected chi connectivity index (χ3v) is 4.89. The highest BCUT2D eigenvalue weighted by molar-refractivity contribution is 7.91. The zero-order chi connectivity index (χ0) is 13.9. The van der Waals surface area contributed by atoms with Crippen LogP contribution in [0.2, 0.25) is 0 Å². The van der Waals surface area contributed by atoms with Crippen molar-refractivity contribution in [3.8, 4) is 5.75 Å². The van der Waals surface area contributed by atoms with Gasteiger partial charge in [0.25, 0.3) is 0 Å². The predicted molar refractivity (Wildman–Crippen MR) is 72.9 cm³/mol. The minimum absolute atomic E-state index is 0.113. The fraction of sp³-hybridized carbons (Fsp3) is 0.538. The number of anilines is 1. The minimum Gasteiger partial charge on any atom is -0.491 e. The van der Waals surface area contributed by atoms with Crippen LogP contribution in [0.1, 0.15) is 19.8 Å². The number of rotatable bonds is 4. The SMILES string of the molecule is CCOc1ccc(NC2CCCS(=O)(=O)C2)cc1F. The van der Waals surface area contributed by atoms with E-state index in [0.717, 1.165) is 6.42 Å². The van der Waals surface area contributed by atoms with Gasteiger partial charge in [0, 0.05) is 17.8 Å². The van der Waals surface area contributed by atoms with E-state index in [-0.39, 0.29) is 23.3 Å². The first-order valence-corrected chi connectivity index (χ1v) is 8.21.